The lowest BCUT2D eigenvalue weighted by Crippen LogP contribution is -2.00. The third-order valence-corrected chi connectivity index (χ3v) is 2.20. The van der Waals surface area contributed by atoms with Crippen molar-refractivity contribution in [1.29, 1.82) is 0 Å². The van der Waals surface area contributed by atoms with Gasteiger partial charge in [0, 0.05) is 0 Å². The molecule has 0 amide bonds. The quantitative estimate of drug-likeness (QED) is 0.848. The van der Waals surface area contributed by atoms with E-state index < -0.39 is 23.2 Å². The van der Waals surface area contributed by atoms with Crippen LogP contribution in [0.2, 0.25) is 0 Å². The molecule has 0 radical (unpaired) electrons. The van der Waals surface area contributed by atoms with Gasteiger partial charge in [-0.3, -0.25) is 0 Å². The summed E-state index contributed by atoms with van der Waals surface area (Å²) >= 11 is 0. The maximum Gasteiger partial charge on any atom is 0.240 e. The van der Waals surface area contributed by atoms with Crippen LogP contribution in [0, 0.1) is 17.5 Å². The number of nitrogens with two attached hydrogens (primary N) is 1. The Labute approximate surface area is 99.4 Å². The van der Waals surface area contributed by atoms with E-state index in [2.05, 4.69) is 19.4 Å². The lowest BCUT2D eigenvalue weighted by atomic mass is 10.1. The molecular weight excluding hydrogens is 251 g/mol. The van der Waals surface area contributed by atoms with Crippen molar-refractivity contribution >= 4 is 0 Å². The van der Waals surface area contributed by atoms with E-state index in [1.54, 1.807) is 0 Å². The smallest absolute Gasteiger partial charge is 0.240 e. The van der Waals surface area contributed by atoms with Crippen molar-refractivity contribution in [3.8, 4) is 17.1 Å². The number of halogens is 3. The topological polar surface area (TPSA) is 74.2 Å². The van der Waals surface area contributed by atoms with Gasteiger partial charge < -0.3 is 15.0 Å². The van der Waals surface area contributed by atoms with Gasteiger partial charge in [-0.05, 0) is 6.07 Å². The molecule has 0 fully saturated rings. The van der Waals surface area contributed by atoms with Gasteiger partial charge >= 0.3 is 0 Å². The molecule has 0 atom stereocenters. The number of benzene rings is 1. The summed E-state index contributed by atoms with van der Waals surface area (Å²) in [5.74, 6) is -4.83. The molecule has 8 heteroatoms. The fourth-order valence-corrected chi connectivity index (χ4v) is 1.37. The first kappa shape index (κ1) is 12.4. The van der Waals surface area contributed by atoms with Gasteiger partial charge in [-0.15, -0.1) is 0 Å². The van der Waals surface area contributed by atoms with Gasteiger partial charge in [-0.1, -0.05) is 5.16 Å². The summed E-state index contributed by atoms with van der Waals surface area (Å²) in [6.45, 7) is -0.0462. The molecular formula is C10H8F3N3O2. The summed E-state index contributed by atoms with van der Waals surface area (Å²) in [7, 11) is 1.02. The second-order valence-electron chi connectivity index (χ2n) is 3.28. The maximum atomic E-state index is 13.8. The molecule has 18 heavy (non-hydrogen) atoms. The molecule has 0 aliphatic rings. The van der Waals surface area contributed by atoms with E-state index in [4.69, 9.17) is 5.73 Å². The highest BCUT2D eigenvalue weighted by Gasteiger charge is 2.23. The SMILES string of the molecule is COc1c(F)c(F)cc(-c2noc(CN)n2)c1F. The summed E-state index contributed by atoms with van der Waals surface area (Å²) in [4.78, 5) is 3.72. The average molecular weight is 259 g/mol. The number of hydrogen-bond donors (Lipinski definition) is 1. The summed E-state index contributed by atoms with van der Waals surface area (Å²) in [5, 5.41) is 3.41. The third kappa shape index (κ3) is 1.90. The number of nitrogens with zero attached hydrogens (tertiary/aromatic N) is 2. The fourth-order valence-electron chi connectivity index (χ4n) is 1.37. The average Bonchev–Trinajstić information content (AvgIpc) is 2.83. The summed E-state index contributed by atoms with van der Waals surface area (Å²) in [6.07, 6.45) is 0. The van der Waals surface area contributed by atoms with Crippen molar-refractivity contribution in [3.05, 3.63) is 29.4 Å². The predicted molar refractivity (Wildman–Crippen MR) is 54.1 cm³/mol. The van der Waals surface area contributed by atoms with Crippen LogP contribution < -0.4 is 10.5 Å². The molecule has 0 aliphatic heterocycles. The van der Waals surface area contributed by atoms with Gasteiger partial charge in [-0.25, -0.2) is 8.78 Å². The highest BCUT2D eigenvalue weighted by atomic mass is 19.2. The van der Waals surface area contributed by atoms with Crippen LogP contribution in [0.15, 0.2) is 10.6 Å². The van der Waals surface area contributed by atoms with Gasteiger partial charge in [-0.2, -0.15) is 9.37 Å². The minimum atomic E-state index is -1.42. The Morgan fingerprint density at radius 2 is 2.06 bits per heavy atom. The zero-order valence-corrected chi connectivity index (χ0v) is 9.21. The minimum absolute atomic E-state index is 0.0462. The number of aromatic nitrogens is 2. The van der Waals surface area contributed by atoms with Gasteiger partial charge in [0.2, 0.25) is 17.5 Å². The molecule has 0 spiro atoms. The molecule has 2 aromatic rings. The first-order valence-electron chi connectivity index (χ1n) is 4.83. The zero-order valence-electron chi connectivity index (χ0n) is 9.21. The minimum Gasteiger partial charge on any atom is -0.491 e. The van der Waals surface area contributed by atoms with Gasteiger partial charge in [0.25, 0.3) is 0 Å². The highest BCUT2D eigenvalue weighted by Crippen LogP contribution is 2.31. The monoisotopic (exact) mass is 259 g/mol. The molecule has 96 valence electrons. The molecule has 5 nitrogen and oxygen atoms in total. The molecule has 0 aliphatic carbocycles. The third-order valence-electron chi connectivity index (χ3n) is 2.20. The maximum absolute atomic E-state index is 13.8. The van der Waals surface area contributed by atoms with Crippen molar-refractivity contribution in [3.63, 3.8) is 0 Å². The Morgan fingerprint density at radius 1 is 1.33 bits per heavy atom. The molecule has 1 heterocycles. The Bertz CT molecular complexity index is 586. The van der Waals surface area contributed by atoms with Crippen molar-refractivity contribution < 1.29 is 22.4 Å². The highest BCUT2D eigenvalue weighted by molar-refractivity contribution is 5.59. The molecule has 2 rings (SSSR count). The van der Waals surface area contributed by atoms with Crippen LogP contribution in [0.3, 0.4) is 0 Å². The Morgan fingerprint density at radius 3 is 2.61 bits per heavy atom. The van der Waals surface area contributed by atoms with E-state index in [0.29, 0.717) is 6.07 Å². The van der Waals surface area contributed by atoms with Crippen molar-refractivity contribution in [1.82, 2.24) is 10.1 Å². The van der Waals surface area contributed by atoms with Crippen LogP contribution in [0.25, 0.3) is 11.4 Å². The second kappa shape index (κ2) is 4.65. The van der Waals surface area contributed by atoms with Crippen molar-refractivity contribution in [2.45, 2.75) is 6.54 Å². The summed E-state index contributed by atoms with van der Waals surface area (Å²) in [6, 6.07) is 0.623. The first-order chi connectivity index (χ1) is 8.58. The van der Waals surface area contributed by atoms with Crippen LogP contribution in [0.1, 0.15) is 5.89 Å². The Hall–Kier alpha value is -2.09. The Balaban J connectivity index is 2.60. The van der Waals surface area contributed by atoms with E-state index >= 15 is 0 Å². The summed E-state index contributed by atoms with van der Waals surface area (Å²) < 4.78 is 49.4. The normalized spacial score (nSPS) is 10.7. The predicted octanol–water partition coefficient (Wildman–Crippen LogP) is 1.62. The largest absolute Gasteiger partial charge is 0.491 e. The zero-order chi connectivity index (χ0) is 13.3. The van der Waals surface area contributed by atoms with Crippen LogP contribution >= 0.6 is 0 Å². The molecule has 1 aromatic carbocycles. The van der Waals surface area contributed by atoms with Crippen LogP contribution in [0.5, 0.6) is 5.75 Å². The lowest BCUT2D eigenvalue weighted by molar-refractivity contribution is 0.347. The van der Waals surface area contributed by atoms with E-state index in [0.717, 1.165) is 7.11 Å². The molecule has 2 N–H and O–H groups in total. The molecule has 0 bridgehead atoms. The molecule has 0 saturated carbocycles. The molecule has 0 unspecified atom stereocenters. The van der Waals surface area contributed by atoms with Gasteiger partial charge in [0.15, 0.2) is 17.4 Å². The standard InChI is InChI=1S/C10H8F3N3O2/c1-17-9-7(12)4(2-5(11)8(9)13)10-15-6(3-14)18-16-10/h2H,3,14H2,1H3. The Kier molecular flexibility index (Phi) is 3.19. The van der Waals surface area contributed by atoms with E-state index in [9.17, 15) is 13.2 Å². The number of rotatable bonds is 3. The van der Waals surface area contributed by atoms with Gasteiger partial charge in [0.1, 0.15) is 0 Å². The van der Waals surface area contributed by atoms with Crippen molar-refractivity contribution in [2.75, 3.05) is 7.11 Å². The lowest BCUT2D eigenvalue weighted by Gasteiger charge is -2.06. The first-order valence-corrected chi connectivity index (χ1v) is 4.83. The molecule has 0 saturated heterocycles. The second-order valence-corrected chi connectivity index (χ2v) is 3.28. The van der Waals surface area contributed by atoms with Gasteiger partial charge in [0.05, 0.1) is 19.2 Å². The van der Waals surface area contributed by atoms with E-state index in [-0.39, 0.29) is 23.8 Å². The van der Waals surface area contributed by atoms with Crippen molar-refractivity contribution in [2.24, 2.45) is 5.73 Å². The fraction of sp³-hybridized carbons (Fsp3) is 0.200. The molecule has 1 aromatic heterocycles. The number of methoxy groups -OCH3 is 1. The van der Waals surface area contributed by atoms with E-state index in [1.165, 1.54) is 0 Å². The number of hydrogen-bond acceptors (Lipinski definition) is 5. The van der Waals surface area contributed by atoms with Crippen LogP contribution in [0.4, 0.5) is 13.2 Å². The van der Waals surface area contributed by atoms with Crippen LogP contribution in [-0.4, -0.2) is 17.3 Å². The number of ether oxygens (including phenoxy) is 1. The summed E-state index contributed by atoms with van der Waals surface area (Å²) in [5.41, 5.74) is 4.87. The van der Waals surface area contributed by atoms with E-state index in [1.807, 2.05) is 0 Å². The van der Waals surface area contributed by atoms with Crippen LogP contribution in [-0.2, 0) is 6.54 Å².